The molecular formula is C23H27N5OS. The van der Waals surface area contributed by atoms with Crippen LogP contribution in [0, 0.1) is 0 Å². The topological polar surface area (TPSA) is 77.0 Å². The molecule has 3 aromatic rings. The van der Waals surface area contributed by atoms with Gasteiger partial charge in [0, 0.05) is 17.3 Å². The van der Waals surface area contributed by atoms with Gasteiger partial charge in [0.15, 0.2) is 5.82 Å². The second-order valence-electron chi connectivity index (χ2n) is 8.74. The molecule has 0 aliphatic carbocycles. The van der Waals surface area contributed by atoms with Crippen LogP contribution in [0.5, 0.6) is 0 Å². The van der Waals surface area contributed by atoms with E-state index in [9.17, 15) is 4.79 Å². The van der Waals surface area contributed by atoms with Crippen LogP contribution in [0.2, 0.25) is 0 Å². The third kappa shape index (κ3) is 3.81. The molecule has 6 nitrogen and oxygen atoms in total. The molecule has 1 atom stereocenters. The van der Waals surface area contributed by atoms with Crippen LogP contribution in [0.25, 0.3) is 11.4 Å². The molecule has 0 saturated carbocycles. The molecule has 4 rings (SSSR count). The van der Waals surface area contributed by atoms with Gasteiger partial charge in [0.25, 0.3) is 0 Å². The van der Waals surface area contributed by atoms with Gasteiger partial charge in [-0.1, -0.05) is 75.0 Å². The van der Waals surface area contributed by atoms with Crippen molar-refractivity contribution < 1.29 is 4.79 Å². The Morgan fingerprint density at radius 1 is 1.13 bits per heavy atom. The highest BCUT2D eigenvalue weighted by molar-refractivity contribution is 7.99. The number of aromatic nitrogens is 3. The Kier molecular flexibility index (Phi) is 5.32. The molecule has 2 N–H and O–H groups in total. The lowest BCUT2D eigenvalue weighted by Gasteiger charge is -2.22. The molecule has 0 unspecified atom stereocenters. The van der Waals surface area contributed by atoms with E-state index in [4.69, 9.17) is 5.84 Å². The minimum absolute atomic E-state index is 0.0523. The summed E-state index contributed by atoms with van der Waals surface area (Å²) in [4.78, 5) is 14.8. The number of amides is 1. The van der Waals surface area contributed by atoms with Gasteiger partial charge in [0.2, 0.25) is 11.1 Å². The number of rotatable bonds is 4. The summed E-state index contributed by atoms with van der Waals surface area (Å²) in [5.74, 6) is 7.15. The van der Waals surface area contributed by atoms with Gasteiger partial charge in [0.05, 0.1) is 5.75 Å². The molecule has 2 aromatic carbocycles. The summed E-state index contributed by atoms with van der Waals surface area (Å²) in [6.45, 7) is 8.61. The van der Waals surface area contributed by atoms with Crippen molar-refractivity contribution in [1.82, 2.24) is 14.9 Å². The van der Waals surface area contributed by atoms with Crippen LogP contribution in [-0.4, -0.2) is 32.6 Å². The summed E-state index contributed by atoms with van der Waals surface area (Å²) < 4.78 is 1.46. The number of nitrogens with zero attached hydrogens (tertiary/aromatic N) is 4. The van der Waals surface area contributed by atoms with Gasteiger partial charge in [-0.15, -0.1) is 10.2 Å². The van der Waals surface area contributed by atoms with E-state index in [1.54, 1.807) is 0 Å². The first-order chi connectivity index (χ1) is 14.3. The maximum absolute atomic E-state index is 12.9. The monoisotopic (exact) mass is 421 g/mol. The van der Waals surface area contributed by atoms with Crippen LogP contribution in [0.1, 0.15) is 38.8 Å². The summed E-state index contributed by atoms with van der Waals surface area (Å²) >= 11 is 1.31. The molecule has 0 bridgehead atoms. The molecule has 30 heavy (non-hydrogen) atoms. The summed E-state index contributed by atoms with van der Waals surface area (Å²) in [7, 11) is 0. The zero-order valence-corrected chi connectivity index (χ0v) is 18.6. The van der Waals surface area contributed by atoms with Gasteiger partial charge in [0.1, 0.15) is 0 Å². The average Bonchev–Trinajstić information content (AvgIpc) is 3.24. The zero-order valence-electron chi connectivity index (χ0n) is 17.8. The number of hydrogen-bond acceptors (Lipinski definition) is 5. The molecule has 156 valence electrons. The number of hydrogen-bond donors (Lipinski definition) is 1. The quantitative estimate of drug-likeness (QED) is 0.508. The van der Waals surface area contributed by atoms with Crippen molar-refractivity contribution >= 4 is 23.4 Å². The first kappa shape index (κ1) is 20.5. The van der Waals surface area contributed by atoms with E-state index >= 15 is 0 Å². The van der Waals surface area contributed by atoms with E-state index in [0.717, 1.165) is 17.7 Å². The lowest BCUT2D eigenvalue weighted by molar-refractivity contribution is -0.116. The second-order valence-corrected chi connectivity index (χ2v) is 9.68. The van der Waals surface area contributed by atoms with Crippen molar-refractivity contribution in [2.45, 2.75) is 50.7 Å². The third-order valence-corrected chi connectivity index (χ3v) is 6.40. The van der Waals surface area contributed by atoms with Crippen molar-refractivity contribution in [3.05, 3.63) is 59.7 Å². The number of fused-ring (bicyclic) bond motifs is 1. The van der Waals surface area contributed by atoms with Crippen molar-refractivity contribution in [3.8, 4) is 11.4 Å². The van der Waals surface area contributed by atoms with E-state index in [-0.39, 0.29) is 23.1 Å². The second kappa shape index (κ2) is 7.80. The van der Waals surface area contributed by atoms with E-state index in [1.165, 1.54) is 27.6 Å². The van der Waals surface area contributed by atoms with E-state index in [2.05, 4.69) is 56.1 Å². The Morgan fingerprint density at radius 3 is 2.53 bits per heavy atom. The molecule has 0 spiro atoms. The first-order valence-electron chi connectivity index (χ1n) is 10.1. The number of para-hydroxylation sites is 1. The number of carbonyl (C=O) groups excluding carboxylic acids is 1. The minimum atomic E-state index is 0.0523. The molecule has 0 radical (unpaired) electrons. The van der Waals surface area contributed by atoms with Crippen LogP contribution < -0.4 is 10.7 Å². The third-order valence-electron chi connectivity index (χ3n) is 5.47. The molecule has 1 amide bonds. The number of thioether (sulfide) groups is 1. The van der Waals surface area contributed by atoms with Crippen molar-refractivity contribution in [3.63, 3.8) is 0 Å². The van der Waals surface area contributed by atoms with Crippen LogP contribution in [0.15, 0.2) is 53.7 Å². The molecule has 0 saturated heterocycles. The summed E-state index contributed by atoms with van der Waals surface area (Å²) in [6.07, 6.45) is 0.883. The molecule has 0 fully saturated rings. The Hall–Kier alpha value is -2.80. The van der Waals surface area contributed by atoms with Gasteiger partial charge < -0.3 is 10.7 Å². The predicted octanol–water partition coefficient (Wildman–Crippen LogP) is 4.03. The fourth-order valence-electron chi connectivity index (χ4n) is 3.83. The Labute approximate surface area is 181 Å². The first-order valence-corrected chi connectivity index (χ1v) is 11.1. The van der Waals surface area contributed by atoms with Crippen molar-refractivity contribution in [2.24, 2.45) is 0 Å². The van der Waals surface area contributed by atoms with Gasteiger partial charge in [-0.25, -0.2) is 4.68 Å². The maximum atomic E-state index is 12.9. The van der Waals surface area contributed by atoms with E-state index < -0.39 is 0 Å². The number of carbonyl (C=O) groups is 1. The summed E-state index contributed by atoms with van der Waals surface area (Å²) in [5.41, 5.74) is 4.45. The molecule has 1 aliphatic heterocycles. The molecule has 2 heterocycles. The molecule has 1 aromatic heterocycles. The summed E-state index contributed by atoms with van der Waals surface area (Å²) in [6, 6.07) is 16.4. The summed E-state index contributed by atoms with van der Waals surface area (Å²) in [5, 5.41) is 8.98. The normalized spacial score (nSPS) is 16.0. The Bertz CT molecular complexity index is 1070. The van der Waals surface area contributed by atoms with Crippen molar-refractivity contribution in [1.29, 1.82) is 0 Å². The average molecular weight is 422 g/mol. The Balaban J connectivity index is 1.47. The smallest absolute Gasteiger partial charge is 0.237 e. The number of benzene rings is 2. The fourth-order valence-corrected chi connectivity index (χ4v) is 4.55. The largest absolute Gasteiger partial charge is 0.335 e. The fraction of sp³-hybridized carbons (Fsp3) is 0.348. The Morgan fingerprint density at radius 2 is 1.83 bits per heavy atom. The number of anilines is 1. The molecule has 1 aliphatic rings. The zero-order chi connectivity index (χ0) is 21.5. The van der Waals surface area contributed by atoms with E-state index in [0.29, 0.717) is 11.0 Å². The van der Waals surface area contributed by atoms with Gasteiger partial charge in [-0.05, 0) is 36.0 Å². The van der Waals surface area contributed by atoms with Crippen LogP contribution in [-0.2, 0) is 16.6 Å². The van der Waals surface area contributed by atoms with Crippen LogP contribution in [0.4, 0.5) is 5.69 Å². The predicted molar refractivity (Wildman–Crippen MR) is 122 cm³/mol. The molecular weight excluding hydrogens is 394 g/mol. The van der Waals surface area contributed by atoms with E-state index in [1.807, 2.05) is 35.2 Å². The highest BCUT2D eigenvalue weighted by atomic mass is 32.2. The highest BCUT2D eigenvalue weighted by Gasteiger charge is 2.30. The SMILES string of the molecule is C[C@H]1Cc2ccccc2N1C(=O)CSc1nnc(-c2ccc(C(C)(C)C)cc2)n1N. The minimum Gasteiger partial charge on any atom is -0.335 e. The lowest BCUT2D eigenvalue weighted by atomic mass is 9.87. The van der Waals surface area contributed by atoms with Gasteiger partial charge in [-0.2, -0.15) is 0 Å². The lowest BCUT2D eigenvalue weighted by Crippen LogP contribution is -2.37. The number of nitrogen functional groups attached to an aromatic ring is 1. The molecule has 7 heteroatoms. The van der Waals surface area contributed by atoms with Crippen molar-refractivity contribution in [2.75, 3.05) is 16.5 Å². The van der Waals surface area contributed by atoms with Crippen LogP contribution >= 0.6 is 11.8 Å². The standard InChI is InChI=1S/C23H27N5OS/c1-15-13-17-7-5-6-8-19(17)27(15)20(29)14-30-22-26-25-21(28(22)24)16-9-11-18(12-10-16)23(2,3)4/h5-12,15H,13-14,24H2,1-4H3/t15-/m0/s1. The number of nitrogens with two attached hydrogens (primary N) is 1. The highest BCUT2D eigenvalue weighted by Crippen LogP contribution is 2.33. The van der Waals surface area contributed by atoms with Crippen LogP contribution in [0.3, 0.4) is 0 Å². The van der Waals surface area contributed by atoms with Gasteiger partial charge >= 0.3 is 0 Å². The van der Waals surface area contributed by atoms with Gasteiger partial charge in [-0.3, -0.25) is 4.79 Å². The maximum Gasteiger partial charge on any atom is 0.237 e.